The fourth-order valence-corrected chi connectivity index (χ4v) is 10.5. The first-order chi connectivity index (χ1) is 35.9. The highest BCUT2D eigenvalue weighted by Gasteiger charge is 2.41. The first-order valence-electron chi connectivity index (χ1n) is 25.8. The van der Waals surface area contributed by atoms with Crippen molar-refractivity contribution in [3.8, 4) is 0 Å². The fourth-order valence-electron chi connectivity index (χ4n) is 9.51. The molecule has 3 heterocycles. The summed E-state index contributed by atoms with van der Waals surface area (Å²) >= 11 is 1.47. The van der Waals surface area contributed by atoms with E-state index >= 15 is 0 Å². The van der Waals surface area contributed by atoms with Crippen LogP contribution in [0.4, 0.5) is 0 Å². The van der Waals surface area contributed by atoms with Gasteiger partial charge in [-0.1, -0.05) is 107 Å². The molecule has 404 valence electrons. The predicted molar refractivity (Wildman–Crippen MR) is 291 cm³/mol. The quantitative estimate of drug-likeness (QED) is 0.0864. The number of benzene rings is 3. The summed E-state index contributed by atoms with van der Waals surface area (Å²) in [7, 11) is -1.39. The minimum absolute atomic E-state index is 0.0129. The van der Waals surface area contributed by atoms with Gasteiger partial charge in [0.15, 0.2) is 0 Å². The zero-order valence-electron chi connectivity index (χ0n) is 43.6. The molecule has 8 amide bonds. The maximum Gasteiger partial charge on any atom is 0.245 e. The summed E-state index contributed by atoms with van der Waals surface area (Å²) in [5.41, 5.74) is 2.87. The van der Waals surface area contributed by atoms with E-state index in [0.29, 0.717) is 28.9 Å². The average molecular weight is 1070 g/mol. The summed E-state index contributed by atoms with van der Waals surface area (Å²) in [6.07, 6.45) is 6.05. The van der Waals surface area contributed by atoms with Gasteiger partial charge in [-0.25, -0.2) is 0 Å². The van der Waals surface area contributed by atoms with Crippen LogP contribution in [-0.2, 0) is 68.4 Å². The third kappa shape index (κ3) is 16.5. The zero-order chi connectivity index (χ0) is 54.2. The maximum absolute atomic E-state index is 14.9. The number of nitrogens with one attached hydrogen (secondary N) is 8. The number of carbonyl (C=O) groups excluding carboxylic acids is 8. The number of aromatic amines is 1. The summed E-state index contributed by atoms with van der Waals surface area (Å²) in [6, 6.07) is 15.8. The summed E-state index contributed by atoms with van der Waals surface area (Å²) in [5, 5.41) is 20.8. The van der Waals surface area contributed by atoms with E-state index in [4.69, 9.17) is 0 Å². The van der Waals surface area contributed by atoms with Crippen LogP contribution in [0.2, 0.25) is 0 Å². The molecule has 4 aromatic rings. The van der Waals surface area contributed by atoms with Gasteiger partial charge in [-0.15, -0.1) is 0 Å². The SMILES string of the molecule is CSCC[C@@H]1NC(=O)[C@H](CC(C)C)NC(=O)[C@H](CCS(C)=O)NC(=O)[C@H](C(C)C)NC(=O)[C@H](Cc2c[nH]c3ccccc23)NC(=O)[C@H](Cc2ccccc2)NC(=O)[C@H](Cc2ccccc2)NC(=O)[C@@H]2CCCN2C1=O. The molecule has 1 unspecified atom stereocenters. The van der Waals surface area contributed by atoms with Gasteiger partial charge in [-0.05, 0) is 78.7 Å². The van der Waals surface area contributed by atoms with Gasteiger partial charge in [0.05, 0.1) is 0 Å². The van der Waals surface area contributed by atoms with E-state index < -0.39 is 112 Å². The molecule has 2 fully saturated rings. The van der Waals surface area contributed by atoms with Gasteiger partial charge < -0.3 is 47.1 Å². The molecule has 18 nitrogen and oxygen atoms in total. The molecule has 9 atom stereocenters. The number of amides is 8. The Hall–Kier alpha value is -6.54. The van der Waals surface area contributed by atoms with E-state index in [-0.39, 0.29) is 63.2 Å². The lowest BCUT2D eigenvalue weighted by Gasteiger charge is -2.32. The minimum Gasteiger partial charge on any atom is -0.361 e. The Morgan fingerprint density at radius 1 is 0.587 bits per heavy atom. The second-order valence-corrected chi connectivity index (χ2v) is 22.7. The molecule has 0 saturated carbocycles. The molecule has 2 saturated heterocycles. The number of hydrogen-bond donors (Lipinski definition) is 8. The molecule has 20 heteroatoms. The van der Waals surface area contributed by atoms with E-state index in [1.54, 1.807) is 56.4 Å². The first kappa shape index (κ1) is 57.7. The van der Waals surface area contributed by atoms with Crippen molar-refractivity contribution < 1.29 is 42.6 Å². The number of hydrogen-bond acceptors (Lipinski definition) is 10. The lowest BCUT2D eigenvalue weighted by atomic mass is 9.99. The van der Waals surface area contributed by atoms with Crippen molar-refractivity contribution in [3.05, 3.63) is 108 Å². The topological polar surface area (TPSA) is 257 Å². The molecular formula is C55H73N9O9S2. The van der Waals surface area contributed by atoms with E-state index in [1.165, 1.54) is 22.9 Å². The van der Waals surface area contributed by atoms with Gasteiger partial charge in [0, 0.05) is 65.7 Å². The number of fused-ring (bicyclic) bond motifs is 2. The first-order valence-corrected chi connectivity index (χ1v) is 28.9. The van der Waals surface area contributed by atoms with Gasteiger partial charge in [0.25, 0.3) is 0 Å². The highest BCUT2D eigenvalue weighted by molar-refractivity contribution is 7.98. The predicted octanol–water partition coefficient (Wildman–Crippen LogP) is 2.82. The molecule has 1 aromatic heterocycles. The Bertz CT molecular complexity index is 2650. The number of H-pyrrole nitrogens is 1. The Morgan fingerprint density at radius 2 is 1.09 bits per heavy atom. The van der Waals surface area contributed by atoms with Gasteiger partial charge in [0.2, 0.25) is 47.3 Å². The zero-order valence-corrected chi connectivity index (χ0v) is 45.3. The largest absolute Gasteiger partial charge is 0.361 e. The van der Waals surface area contributed by atoms with Crippen molar-refractivity contribution >= 4 is 80.7 Å². The van der Waals surface area contributed by atoms with E-state index in [9.17, 15) is 42.6 Å². The molecule has 8 N–H and O–H groups in total. The Labute approximate surface area is 446 Å². The van der Waals surface area contributed by atoms with E-state index in [0.717, 1.165) is 10.9 Å². The number of aromatic nitrogens is 1. The molecule has 0 aliphatic carbocycles. The molecule has 0 spiro atoms. The lowest BCUT2D eigenvalue weighted by Crippen LogP contribution is -2.62. The molecule has 2 aliphatic heterocycles. The maximum atomic E-state index is 14.9. The van der Waals surface area contributed by atoms with Crippen molar-refractivity contribution in [3.63, 3.8) is 0 Å². The molecule has 6 rings (SSSR count). The molecule has 2 aliphatic rings. The Morgan fingerprint density at radius 3 is 1.68 bits per heavy atom. The number of rotatable bonds is 15. The summed E-state index contributed by atoms with van der Waals surface area (Å²) < 4.78 is 12.5. The van der Waals surface area contributed by atoms with Crippen molar-refractivity contribution in [1.82, 2.24) is 47.1 Å². The summed E-state index contributed by atoms with van der Waals surface area (Å²) in [4.78, 5) is 122. The van der Waals surface area contributed by atoms with Gasteiger partial charge in [0.1, 0.15) is 48.3 Å². The van der Waals surface area contributed by atoms with Crippen LogP contribution in [0.3, 0.4) is 0 Å². The highest BCUT2D eigenvalue weighted by atomic mass is 32.2. The molecule has 0 radical (unpaired) electrons. The lowest BCUT2D eigenvalue weighted by molar-refractivity contribution is -0.142. The van der Waals surface area contributed by atoms with Crippen LogP contribution < -0.4 is 37.2 Å². The molecule has 3 aromatic carbocycles. The van der Waals surface area contributed by atoms with Crippen molar-refractivity contribution in [2.45, 2.75) is 127 Å². The Kier molecular flexibility index (Phi) is 21.4. The fraction of sp³-hybridized carbons (Fsp3) is 0.491. The highest BCUT2D eigenvalue weighted by Crippen LogP contribution is 2.23. The molecule has 0 bridgehead atoms. The van der Waals surface area contributed by atoms with Crippen LogP contribution in [0.1, 0.15) is 76.5 Å². The van der Waals surface area contributed by atoms with Crippen LogP contribution >= 0.6 is 11.8 Å². The van der Waals surface area contributed by atoms with Crippen molar-refractivity contribution in [2.24, 2.45) is 11.8 Å². The minimum atomic E-state index is -1.39. The van der Waals surface area contributed by atoms with Crippen LogP contribution in [-0.4, -0.2) is 140 Å². The summed E-state index contributed by atoms with van der Waals surface area (Å²) in [6.45, 7) is 7.36. The van der Waals surface area contributed by atoms with Gasteiger partial charge in [-0.3, -0.25) is 42.6 Å². The van der Waals surface area contributed by atoms with E-state index in [2.05, 4.69) is 42.2 Å². The van der Waals surface area contributed by atoms with Crippen LogP contribution in [0.15, 0.2) is 91.1 Å². The van der Waals surface area contributed by atoms with Crippen molar-refractivity contribution in [1.29, 1.82) is 0 Å². The van der Waals surface area contributed by atoms with Gasteiger partial charge in [-0.2, -0.15) is 11.8 Å². The normalized spacial score (nSPS) is 24.6. The van der Waals surface area contributed by atoms with Crippen LogP contribution in [0.25, 0.3) is 10.9 Å². The van der Waals surface area contributed by atoms with E-state index in [1.807, 2.05) is 68.6 Å². The van der Waals surface area contributed by atoms with Crippen LogP contribution in [0.5, 0.6) is 0 Å². The van der Waals surface area contributed by atoms with Crippen LogP contribution in [0, 0.1) is 11.8 Å². The molecular weight excluding hydrogens is 995 g/mol. The standard InChI is InChI=1S/C55H73N9O9S2/c1-33(2)28-42-49(66)58-41(23-26-74-5)55(72)64-25-15-22-46(64)53(70)62-44(30-36-18-11-8-12-19-36)51(68)60-43(29-35-16-9-7-10-17-35)50(67)61-45(31-37-32-56-39-21-14-13-20-38(37)39)52(69)63-47(34(3)4)54(71)57-40(48(65)59-42)24-27-75(6)73/h7-14,16-21,32-34,40-47,56H,15,22-31H2,1-6H3,(H,57,71)(H,58,66)(H,59,65)(H,60,68)(H,61,67)(H,62,70)(H,63,69)/t40-,41-,42-,43-,44-,45-,46-,47-,75?/m0/s1. The summed E-state index contributed by atoms with van der Waals surface area (Å²) in [5.74, 6) is -5.54. The molecule has 75 heavy (non-hydrogen) atoms. The average Bonchev–Trinajstić information content (AvgIpc) is 4.05. The third-order valence-electron chi connectivity index (χ3n) is 13.5. The second kappa shape index (κ2) is 27.8. The van der Waals surface area contributed by atoms with Gasteiger partial charge >= 0.3 is 0 Å². The number of para-hydroxylation sites is 1. The third-order valence-corrected chi connectivity index (χ3v) is 15.0. The second-order valence-electron chi connectivity index (χ2n) is 20.2. The number of nitrogens with zero attached hydrogens (tertiary/aromatic N) is 1. The van der Waals surface area contributed by atoms with Crippen molar-refractivity contribution in [2.75, 3.05) is 30.6 Å². The Balaban J connectivity index is 1.44. The monoisotopic (exact) mass is 1070 g/mol. The number of thioether (sulfide) groups is 1. The number of carbonyl (C=O) groups is 8. The smallest absolute Gasteiger partial charge is 0.245 e.